The van der Waals surface area contributed by atoms with E-state index in [1.54, 1.807) is 0 Å². The van der Waals surface area contributed by atoms with Gasteiger partial charge in [-0.05, 0) is 38.9 Å². The highest BCUT2D eigenvalue weighted by molar-refractivity contribution is 5.77. The number of hydrogen-bond donors (Lipinski definition) is 2. The Morgan fingerprint density at radius 1 is 1.28 bits per heavy atom. The monoisotopic (exact) mass is 248 g/mol. The van der Waals surface area contributed by atoms with Gasteiger partial charge in [-0.15, -0.1) is 0 Å². The first-order valence-electron chi connectivity index (χ1n) is 6.63. The molecule has 0 aliphatic rings. The Bertz CT molecular complexity index is 364. The largest absolute Gasteiger partial charge is 0.347 e. The van der Waals surface area contributed by atoms with Crippen molar-refractivity contribution >= 4 is 5.91 Å². The molecule has 1 amide bonds. The van der Waals surface area contributed by atoms with Crippen molar-refractivity contribution in [2.75, 3.05) is 13.6 Å². The number of amides is 1. The van der Waals surface area contributed by atoms with Crippen molar-refractivity contribution in [1.29, 1.82) is 0 Å². The normalized spacial score (nSPS) is 13.9. The fraction of sp³-hybridized carbons (Fsp3) is 0.533. The first kappa shape index (κ1) is 14.7. The van der Waals surface area contributed by atoms with E-state index < -0.39 is 0 Å². The van der Waals surface area contributed by atoms with E-state index in [4.69, 9.17) is 0 Å². The Balaban J connectivity index is 2.63. The van der Waals surface area contributed by atoms with Gasteiger partial charge in [0.1, 0.15) is 0 Å². The molecule has 100 valence electrons. The fourth-order valence-electron chi connectivity index (χ4n) is 1.97. The number of rotatable bonds is 7. The zero-order valence-corrected chi connectivity index (χ0v) is 11.6. The summed E-state index contributed by atoms with van der Waals surface area (Å²) < 4.78 is 0. The second-order valence-electron chi connectivity index (χ2n) is 4.81. The molecule has 1 aromatic rings. The lowest BCUT2D eigenvalue weighted by Gasteiger charge is -2.30. The summed E-state index contributed by atoms with van der Waals surface area (Å²) in [5.41, 5.74) is 0.896. The zero-order valence-electron chi connectivity index (χ0n) is 11.6. The van der Waals surface area contributed by atoms with Gasteiger partial charge >= 0.3 is 0 Å². The molecule has 3 heteroatoms. The Morgan fingerprint density at radius 3 is 2.50 bits per heavy atom. The SMILES string of the molecule is CCC(C)(NC(=O)CCCNC)c1ccccc1. The molecular formula is C15H24N2O. The maximum absolute atomic E-state index is 11.9. The first-order valence-corrected chi connectivity index (χ1v) is 6.63. The van der Waals surface area contributed by atoms with Gasteiger partial charge in [0.25, 0.3) is 0 Å². The molecule has 0 spiro atoms. The Hall–Kier alpha value is -1.35. The van der Waals surface area contributed by atoms with Crippen LogP contribution < -0.4 is 10.6 Å². The summed E-state index contributed by atoms with van der Waals surface area (Å²) in [5, 5.41) is 6.20. The number of carbonyl (C=O) groups is 1. The first-order chi connectivity index (χ1) is 8.62. The van der Waals surface area contributed by atoms with Crippen molar-refractivity contribution < 1.29 is 4.79 Å². The molecular weight excluding hydrogens is 224 g/mol. The maximum Gasteiger partial charge on any atom is 0.220 e. The van der Waals surface area contributed by atoms with Crippen LogP contribution in [0.25, 0.3) is 0 Å². The highest BCUT2D eigenvalue weighted by atomic mass is 16.1. The molecule has 0 bridgehead atoms. The number of carbonyl (C=O) groups excluding carboxylic acids is 1. The molecule has 0 saturated carbocycles. The van der Waals surface area contributed by atoms with Crippen LogP contribution in [0.15, 0.2) is 30.3 Å². The van der Waals surface area contributed by atoms with E-state index in [9.17, 15) is 4.79 Å². The second kappa shape index (κ2) is 7.17. The predicted molar refractivity (Wildman–Crippen MR) is 75.4 cm³/mol. The van der Waals surface area contributed by atoms with E-state index in [0.717, 1.165) is 24.9 Å². The van der Waals surface area contributed by atoms with Crippen molar-refractivity contribution in [3.63, 3.8) is 0 Å². The molecule has 0 aromatic heterocycles. The topological polar surface area (TPSA) is 41.1 Å². The van der Waals surface area contributed by atoms with Gasteiger partial charge in [-0.2, -0.15) is 0 Å². The molecule has 2 N–H and O–H groups in total. The third kappa shape index (κ3) is 4.15. The quantitative estimate of drug-likeness (QED) is 0.728. The average Bonchev–Trinajstić information content (AvgIpc) is 2.40. The van der Waals surface area contributed by atoms with E-state index in [2.05, 4.69) is 36.6 Å². The lowest BCUT2D eigenvalue weighted by atomic mass is 9.89. The number of benzene rings is 1. The van der Waals surface area contributed by atoms with Crippen LogP contribution in [0.2, 0.25) is 0 Å². The molecule has 0 heterocycles. The van der Waals surface area contributed by atoms with E-state index in [1.165, 1.54) is 0 Å². The zero-order chi connectivity index (χ0) is 13.4. The van der Waals surface area contributed by atoms with Crippen LogP contribution >= 0.6 is 0 Å². The minimum Gasteiger partial charge on any atom is -0.347 e. The van der Waals surface area contributed by atoms with Gasteiger partial charge in [0.2, 0.25) is 5.91 Å². The molecule has 18 heavy (non-hydrogen) atoms. The summed E-state index contributed by atoms with van der Waals surface area (Å²) in [5.74, 6) is 0.124. The number of hydrogen-bond acceptors (Lipinski definition) is 2. The van der Waals surface area contributed by atoms with Gasteiger partial charge in [-0.25, -0.2) is 0 Å². The van der Waals surface area contributed by atoms with Crippen molar-refractivity contribution in [3.05, 3.63) is 35.9 Å². The minimum atomic E-state index is -0.266. The molecule has 1 atom stereocenters. The van der Waals surface area contributed by atoms with Crippen LogP contribution in [-0.4, -0.2) is 19.5 Å². The van der Waals surface area contributed by atoms with E-state index in [0.29, 0.717) is 6.42 Å². The van der Waals surface area contributed by atoms with Crippen molar-refractivity contribution in [2.45, 2.75) is 38.6 Å². The molecule has 1 rings (SSSR count). The molecule has 3 nitrogen and oxygen atoms in total. The average molecular weight is 248 g/mol. The summed E-state index contributed by atoms with van der Waals surface area (Å²) in [4.78, 5) is 11.9. The van der Waals surface area contributed by atoms with Crippen LogP contribution in [0, 0.1) is 0 Å². The summed E-state index contributed by atoms with van der Waals surface area (Å²) in [6.07, 6.45) is 2.33. The number of nitrogens with one attached hydrogen (secondary N) is 2. The van der Waals surface area contributed by atoms with E-state index in [1.807, 2.05) is 25.2 Å². The molecule has 0 radical (unpaired) electrons. The molecule has 0 saturated heterocycles. The van der Waals surface area contributed by atoms with Crippen LogP contribution in [0.4, 0.5) is 0 Å². The molecule has 0 aliphatic heterocycles. The maximum atomic E-state index is 11.9. The summed E-state index contributed by atoms with van der Waals surface area (Å²) in [7, 11) is 1.90. The minimum absolute atomic E-state index is 0.124. The van der Waals surface area contributed by atoms with Gasteiger partial charge < -0.3 is 10.6 Å². The van der Waals surface area contributed by atoms with Gasteiger partial charge in [-0.1, -0.05) is 37.3 Å². The van der Waals surface area contributed by atoms with Crippen molar-refractivity contribution in [2.24, 2.45) is 0 Å². The van der Waals surface area contributed by atoms with E-state index in [-0.39, 0.29) is 11.4 Å². The Kier molecular flexibility index (Phi) is 5.86. The van der Waals surface area contributed by atoms with Crippen molar-refractivity contribution in [1.82, 2.24) is 10.6 Å². The second-order valence-corrected chi connectivity index (χ2v) is 4.81. The Labute approximate surface area is 110 Å². The van der Waals surface area contributed by atoms with E-state index >= 15 is 0 Å². The predicted octanol–water partition coefficient (Wildman–Crippen LogP) is 2.43. The van der Waals surface area contributed by atoms with Gasteiger partial charge in [0.15, 0.2) is 0 Å². The highest BCUT2D eigenvalue weighted by Gasteiger charge is 2.25. The highest BCUT2D eigenvalue weighted by Crippen LogP contribution is 2.24. The molecule has 1 aromatic carbocycles. The third-order valence-corrected chi connectivity index (χ3v) is 3.36. The van der Waals surface area contributed by atoms with Crippen LogP contribution in [0.3, 0.4) is 0 Å². The van der Waals surface area contributed by atoms with Crippen LogP contribution in [0.5, 0.6) is 0 Å². The van der Waals surface area contributed by atoms with Gasteiger partial charge in [0, 0.05) is 6.42 Å². The van der Waals surface area contributed by atoms with Crippen molar-refractivity contribution in [3.8, 4) is 0 Å². The molecule has 0 aliphatic carbocycles. The lowest BCUT2D eigenvalue weighted by molar-refractivity contribution is -0.123. The van der Waals surface area contributed by atoms with Crippen LogP contribution in [0.1, 0.15) is 38.7 Å². The standard InChI is InChI=1S/C15H24N2O/c1-4-15(2,13-9-6-5-7-10-13)17-14(18)11-8-12-16-3/h5-7,9-10,16H,4,8,11-12H2,1-3H3,(H,17,18). The van der Waals surface area contributed by atoms with Gasteiger partial charge in [0.05, 0.1) is 5.54 Å². The summed E-state index contributed by atoms with van der Waals surface area (Å²) >= 11 is 0. The van der Waals surface area contributed by atoms with Gasteiger partial charge in [-0.3, -0.25) is 4.79 Å². The van der Waals surface area contributed by atoms with Crippen LogP contribution in [-0.2, 0) is 10.3 Å². The lowest BCUT2D eigenvalue weighted by Crippen LogP contribution is -2.43. The molecule has 1 unspecified atom stereocenters. The summed E-state index contributed by atoms with van der Waals surface area (Å²) in [6, 6.07) is 10.1. The summed E-state index contributed by atoms with van der Waals surface area (Å²) in [6.45, 7) is 5.06. The third-order valence-electron chi connectivity index (χ3n) is 3.36. The smallest absolute Gasteiger partial charge is 0.220 e. The molecule has 0 fully saturated rings. The fourth-order valence-corrected chi connectivity index (χ4v) is 1.97. The Morgan fingerprint density at radius 2 is 1.94 bits per heavy atom.